The molecule has 0 rings (SSSR count). The van der Waals surface area contributed by atoms with Crippen molar-refractivity contribution in [3.05, 3.63) is 0 Å². The van der Waals surface area contributed by atoms with E-state index in [2.05, 4.69) is 25.9 Å². The van der Waals surface area contributed by atoms with Crippen molar-refractivity contribution in [2.24, 2.45) is 0 Å². The second-order valence-corrected chi connectivity index (χ2v) is 3.63. The van der Waals surface area contributed by atoms with Gasteiger partial charge in [-0.15, -0.1) is 0 Å². The van der Waals surface area contributed by atoms with Crippen molar-refractivity contribution in [3.63, 3.8) is 0 Å². The maximum absolute atomic E-state index is 10.3. The lowest BCUT2D eigenvalue weighted by Gasteiger charge is -1.92. The Kier molecular flexibility index (Phi) is 6.07. The number of methoxy groups -OCH3 is 1. The fourth-order valence-corrected chi connectivity index (χ4v) is 1.13. The summed E-state index contributed by atoms with van der Waals surface area (Å²) in [4.78, 5) is 10.3. The zero-order valence-electron chi connectivity index (χ0n) is 4.52. The van der Waals surface area contributed by atoms with Gasteiger partial charge in [-0.25, -0.2) is 0 Å². The van der Waals surface area contributed by atoms with Crippen molar-refractivity contribution in [1.29, 1.82) is 0 Å². The highest BCUT2D eigenvalue weighted by Gasteiger charge is 1.96. The standard InChI is InChI=1S/C4H7IO2S/c1-7-4(6)2-3-8-5/h2-3H2,1H3. The van der Waals surface area contributed by atoms with Gasteiger partial charge in [0, 0.05) is 5.75 Å². The minimum absolute atomic E-state index is 0.130. The topological polar surface area (TPSA) is 26.3 Å². The number of hydrogen-bond donors (Lipinski definition) is 0. The van der Waals surface area contributed by atoms with Crippen LogP contribution in [0.5, 0.6) is 0 Å². The van der Waals surface area contributed by atoms with Crippen LogP contribution in [0.2, 0.25) is 0 Å². The third kappa shape index (κ3) is 4.70. The number of carbonyl (C=O) groups is 1. The summed E-state index contributed by atoms with van der Waals surface area (Å²) in [5, 5.41) is 0. The molecule has 0 saturated carbocycles. The summed E-state index contributed by atoms with van der Waals surface area (Å²) in [5.74, 6) is 0.710. The van der Waals surface area contributed by atoms with Crippen molar-refractivity contribution in [1.82, 2.24) is 0 Å². The van der Waals surface area contributed by atoms with E-state index < -0.39 is 0 Å². The molecular weight excluding hydrogens is 239 g/mol. The monoisotopic (exact) mass is 246 g/mol. The van der Waals surface area contributed by atoms with E-state index in [4.69, 9.17) is 0 Å². The zero-order valence-corrected chi connectivity index (χ0v) is 7.49. The molecule has 0 aromatic rings. The van der Waals surface area contributed by atoms with Gasteiger partial charge in [0.1, 0.15) is 0 Å². The Bertz CT molecular complexity index is 76.4. The van der Waals surface area contributed by atoms with Crippen LogP contribution in [0.3, 0.4) is 0 Å². The summed E-state index contributed by atoms with van der Waals surface area (Å²) in [7, 11) is 3.02. The van der Waals surface area contributed by atoms with Crippen molar-refractivity contribution in [2.75, 3.05) is 12.9 Å². The molecule has 0 aromatic carbocycles. The first-order chi connectivity index (χ1) is 3.81. The number of ether oxygens (including phenoxy) is 1. The second kappa shape index (κ2) is 5.68. The van der Waals surface area contributed by atoms with Crippen LogP contribution in [0.1, 0.15) is 6.42 Å². The Labute approximate surface area is 64.9 Å². The smallest absolute Gasteiger partial charge is 0.306 e. The molecule has 0 aromatic heterocycles. The Morgan fingerprint density at radius 3 is 2.88 bits per heavy atom. The molecule has 0 fully saturated rings. The number of halogens is 1. The summed E-state index contributed by atoms with van der Waals surface area (Å²) >= 11 is 2.15. The lowest BCUT2D eigenvalue weighted by Crippen LogP contribution is -1.99. The van der Waals surface area contributed by atoms with E-state index in [0.717, 1.165) is 5.75 Å². The van der Waals surface area contributed by atoms with Gasteiger partial charge in [-0.2, -0.15) is 0 Å². The van der Waals surface area contributed by atoms with E-state index in [1.165, 1.54) is 7.11 Å². The van der Waals surface area contributed by atoms with Crippen LogP contribution in [0.25, 0.3) is 0 Å². The SMILES string of the molecule is COC(=O)CCSI. The Hall–Kier alpha value is 0.550. The first kappa shape index (κ1) is 8.55. The molecule has 4 heteroatoms. The molecule has 0 aliphatic carbocycles. The predicted octanol–water partition coefficient (Wildman–Crippen LogP) is 1.63. The van der Waals surface area contributed by atoms with Gasteiger partial charge in [-0.1, -0.05) is 8.93 Å². The zero-order chi connectivity index (χ0) is 6.41. The van der Waals surface area contributed by atoms with Crippen LogP contribution in [0, 0.1) is 0 Å². The molecule has 2 nitrogen and oxygen atoms in total. The van der Waals surface area contributed by atoms with Crippen molar-refractivity contribution >= 4 is 36.1 Å². The molecule has 0 aliphatic rings. The highest BCUT2D eigenvalue weighted by Crippen LogP contribution is 2.11. The van der Waals surface area contributed by atoms with Gasteiger partial charge in [0.15, 0.2) is 0 Å². The molecule has 0 N–H and O–H groups in total. The highest BCUT2D eigenvalue weighted by molar-refractivity contribution is 14.2. The van der Waals surface area contributed by atoms with E-state index in [1.54, 1.807) is 8.93 Å². The maximum Gasteiger partial charge on any atom is 0.306 e. The number of hydrogen-bond acceptors (Lipinski definition) is 3. The third-order valence-corrected chi connectivity index (χ3v) is 2.29. The number of rotatable bonds is 3. The number of carbonyl (C=O) groups excluding carboxylic acids is 1. The predicted molar refractivity (Wildman–Crippen MR) is 43.1 cm³/mol. The maximum atomic E-state index is 10.3. The molecule has 0 atom stereocenters. The third-order valence-electron chi connectivity index (χ3n) is 0.611. The Morgan fingerprint density at radius 1 is 1.88 bits per heavy atom. The summed E-state index contributed by atoms with van der Waals surface area (Å²) in [6.45, 7) is 0. The van der Waals surface area contributed by atoms with Gasteiger partial charge in [0.05, 0.1) is 13.5 Å². The van der Waals surface area contributed by atoms with Crippen molar-refractivity contribution < 1.29 is 9.53 Å². The first-order valence-electron chi connectivity index (χ1n) is 2.11. The van der Waals surface area contributed by atoms with E-state index >= 15 is 0 Å². The molecule has 0 heterocycles. The lowest BCUT2D eigenvalue weighted by molar-refractivity contribution is -0.140. The molecule has 0 unspecified atom stereocenters. The quantitative estimate of drug-likeness (QED) is 0.559. The van der Waals surface area contributed by atoms with E-state index in [9.17, 15) is 4.79 Å². The van der Waals surface area contributed by atoms with Crippen LogP contribution in [-0.2, 0) is 9.53 Å². The van der Waals surface area contributed by atoms with Gasteiger partial charge in [-0.05, 0) is 21.2 Å². The minimum Gasteiger partial charge on any atom is -0.469 e. The molecule has 48 valence electrons. The Balaban J connectivity index is 2.99. The van der Waals surface area contributed by atoms with Crippen molar-refractivity contribution in [3.8, 4) is 0 Å². The minimum atomic E-state index is -0.130. The molecule has 0 aliphatic heterocycles. The van der Waals surface area contributed by atoms with E-state index in [-0.39, 0.29) is 5.97 Å². The normalized spacial score (nSPS) is 8.75. The van der Waals surface area contributed by atoms with Crippen LogP contribution in [0.4, 0.5) is 0 Å². The fourth-order valence-electron chi connectivity index (χ4n) is 0.224. The summed E-state index contributed by atoms with van der Waals surface area (Å²) in [6, 6.07) is 0. The molecule has 0 spiro atoms. The molecular formula is C4H7IO2S. The molecule has 8 heavy (non-hydrogen) atoms. The van der Waals surface area contributed by atoms with Crippen LogP contribution in [-0.4, -0.2) is 18.8 Å². The van der Waals surface area contributed by atoms with Gasteiger partial charge >= 0.3 is 5.97 Å². The average molecular weight is 246 g/mol. The van der Waals surface area contributed by atoms with E-state index in [0.29, 0.717) is 6.42 Å². The van der Waals surface area contributed by atoms with E-state index in [1.807, 2.05) is 0 Å². The summed E-state index contributed by atoms with van der Waals surface area (Å²) < 4.78 is 4.40. The van der Waals surface area contributed by atoms with Gasteiger partial charge < -0.3 is 4.74 Å². The van der Waals surface area contributed by atoms with Crippen LogP contribution in [0.15, 0.2) is 0 Å². The highest BCUT2D eigenvalue weighted by atomic mass is 127. The summed E-state index contributed by atoms with van der Waals surface area (Å²) in [6.07, 6.45) is 0.518. The van der Waals surface area contributed by atoms with Gasteiger partial charge in [-0.3, -0.25) is 4.79 Å². The average Bonchev–Trinajstić information content (AvgIpc) is 1.83. The second-order valence-electron chi connectivity index (χ2n) is 1.14. The molecule has 0 bridgehead atoms. The number of esters is 1. The Morgan fingerprint density at radius 2 is 2.50 bits per heavy atom. The molecule has 0 radical (unpaired) electrons. The van der Waals surface area contributed by atoms with Crippen LogP contribution < -0.4 is 0 Å². The summed E-state index contributed by atoms with van der Waals surface area (Å²) in [5.41, 5.74) is 0. The van der Waals surface area contributed by atoms with Gasteiger partial charge in [0.2, 0.25) is 0 Å². The lowest BCUT2D eigenvalue weighted by atomic mass is 10.5. The van der Waals surface area contributed by atoms with Crippen molar-refractivity contribution in [2.45, 2.75) is 6.42 Å². The van der Waals surface area contributed by atoms with Crippen LogP contribution >= 0.6 is 30.1 Å². The van der Waals surface area contributed by atoms with Gasteiger partial charge in [0.25, 0.3) is 0 Å². The first-order valence-corrected chi connectivity index (χ1v) is 5.64. The molecule has 0 amide bonds. The molecule has 0 saturated heterocycles. The largest absolute Gasteiger partial charge is 0.469 e. The fraction of sp³-hybridized carbons (Fsp3) is 0.750.